The first-order valence-corrected chi connectivity index (χ1v) is 6.42. The number of hydrogen-bond acceptors (Lipinski definition) is 5. The second-order valence-electron chi connectivity index (χ2n) is 5.03. The van der Waals surface area contributed by atoms with Gasteiger partial charge < -0.3 is 15.7 Å². The Morgan fingerprint density at radius 1 is 1.35 bits per heavy atom. The summed E-state index contributed by atoms with van der Waals surface area (Å²) in [7, 11) is 0. The van der Waals surface area contributed by atoms with E-state index >= 15 is 0 Å². The standard InChI is InChI=1S/C12H17F3N4O/c1-7(20)8-2-4-19(5-3-8)10-6-9(12(13,14)15)17-11(16)18-10/h6-8,20H,2-5H2,1H3,(H2,16,17,18). The first-order chi connectivity index (χ1) is 9.27. The molecule has 1 unspecified atom stereocenters. The smallest absolute Gasteiger partial charge is 0.393 e. The molecule has 1 atom stereocenters. The summed E-state index contributed by atoms with van der Waals surface area (Å²) in [6, 6.07) is 0.916. The summed E-state index contributed by atoms with van der Waals surface area (Å²) < 4.78 is 38.1. The third kappa shape index (κ3) is 3.30. The fraction of sp³-hybridized carbons (Fsp3) is 0.667. The summed E-state index contributed by atoms with van der Waals surface area (Å²) in [6.45, 7) is 2.82. The van der Waals surface area contributed by atoms with E-state index in [9.17, 15) is 18.3 Å². The molecule has 1 saturated heterocycles. The number of aromatic nitrogens is 2. The Labute approximate surface area is 114 Å². The third-order valence-corrected chi connectivity index (χ3v) is 3.57. The van der Waals surface area contributed by atoms with Crippen LogP contribution in [0.15, 0.2) is 6.07 Å². The molecular weight excluding hydrogens is 273 g/mol. The highest BCUT2D eigenvalue weighted by molar-refractivity contribution is 5.44. The van der Waals surface area contributed by atoms with Crippen LogP contribution in [0.4, 0.5) is 24.9 Å². The van der Waals surface area contributed by atoms with Gasteiger partial charge in [-0.3, -0.25) is 0 Å². The SMILES string of the molecule is CC(O)C1CCN(c2cc(C(F)(F)F)nc(N)n2)CC1. The van der Waals surface area contributed by atoms with Gasteiger partial charge in [-0.25, -0.2) is 4.98 Å². The highest BCUT2D eigenvalue weighted by Gasteiger charge is 2.34. The van der Waals surface area contributed by atoms with E-state index in [4.69, 9.17) is 5.73 Å². The van der Waals surface area contributed by atoms with Crippen molar-refractivity contribution in [3.05, 3.63) is 11.8 Å². The number of alkyl halides is 3. The number of anilines is 2. The molecule has 112 valence electrons. The highest BCUT2D eigenvalue weighted by atomic mass is 19.4. The molecule has 8 heteroatoms. The van der Waals surface area contributed by atoms with Gasteiger partial charge in [-0.1, -0.05) is 0 Å². The highest BCUT2D eigenvalue weighted by Crippen LogP contribution is 2.31. The summed E-state index contributed by atoms with van der Waals surface area (Å²) >= 11 is 0. The molecule has 0 radical (unpaired) electrons. The molecule has 5 nitrogen and oxygen atoms in total. The summed E-state index contributed by atoms with van der Waals surface area (Å²) in [5.74, 6) is -0.0196. The average molecular weight is 290 g/mol. The van der Waals surface area contributed by atoms with E-state index in [0.29, 0.717) is 25.9 Å². The van der Waals surface area contributed by atoms with E-state index in [-0.39, 0.29) is 17.7 Å². The van der Waals surface area contributed by atoms with Gasteiger partial charge in [-0.05, 0) is 25.7 Å². The van der Waals surface area contributed by atoms with Crippen LogP contribution in [0.2, 0.25) is 0 Å². The Balaban J connectivity index is 2.16. The molecule has 2 rings (SSSR count). The van der Waals surface area contributed by atoms with Crippen molar-refractivity contribution in [2.75, 3.05) is 23.7 Å². The molecule has 3 N–H and O–H groups in total. The Morgan fingerprint density at radius 2 is 1.95 bits per heavy atom. The molecule has 1 aliphatic rings. The zero-order valence-corrected chi connectivity index (χ0v) is 11.1. The van der Waals surface area contributed by atoms with E-state index in [1.165, 1.54) is 0 Å². The van der Waals surface area contributed by atoms with Crippen molar-refractivity contribution in [1.82, 2.24) is 9.97 Å². The first kappa shape index (κ1) is 14.8. The monoisotopic (exact) mass is 290 g/mol. The molecule has 20 heavy (non-hydrogen) atoms. The zero-order chi connectivity index (χ0) is 14.9. The topological polar surface area (TPSA) is 75.3 Å². The van der Waals surface area contributed by atoms with Gasteiger partial charge in [0.2, 0.25) is 5.95 Å². The van der Waals surface area contributed by atoms with Gasteiger partial charge in [0.1, 0.15) is 5.82 Å². The lowest BCUT2D eigenvalue weighted by Gasteiger charge is -2.34. The second-order valence-corrected chi connectivity index (χ2v) is 5.03. The van der Waals surface area contributed by atoms with E-state index in [0.717, 1.165) is 6.07 Å². The third-order valence-electron chi connectivity index (χ3n) is 3.57. The van der Waals surface area contributed by atoms with E-state index in [1.54, 1.807) is 11.8 Å². The predicted molar refractivity (Wildman–Crippen MR) is 68.1 cm³/mol. The van der Waals surface area contributed by atoms with Crippen LogP contribution in [0.5, 0.6) is 0 Å². The van der Waals surface area contributed by atoms with Gasteiger partial charge in [0, 0.05) is 19.2 Å². The number of nitrogens with two attached hydrogens (primary N) is 1. The van der Waals surface area contributed by atoms with Crippen molar-refractivity contribution in [3.8, 4) is 0 Å². The van der Waals surface area contributed by atoms with Crippen LogP contribution in [-0.4, -0.2) is 34.3 Å². The first-order valence-electron chi connectivity index (χ1n) is 6.42. The largest absolute Gasteiger partial charge is 0.433 e. The molecule has 0 aromatic carbocycles. The molecule has 1 aliphatic heterocycles. The Kier molecular flexibility index (Phi) is 4.03. The normalized spacial score (nSPS) is 19.1. The van der Waals surface area contributed by atoms with Crippen LogP contribution in [0.3, 0.4) is 0 Å². The van der Waals surface area contributed by atoms with Gasteiger partial charge in [0.05, 0.1) is 6.10 Å². The number of rotatable bonds is 2. The van der Waals surface area contributed by atoms with Crippen LogP contribution in [0.1, 0.15) is 25.5 Å². The fourth-order valence-electron chi connectivity index (χ4n) is 2.37. The predicted octanol–water partition coefficient (Wildman–Crippen LogP) is 1.67. The Hall–Kier alpha value is -1.57. The maximum atomic E-state index is 12.7. The van der Waals surface area contributed by atoms with E-state index in [1.807, 2.05) is 0 Å². The van der Waals surface area contributed by atoms with Crippen LogP contribution < -0.4 is 10.6 Å². The molecular formula is C12H17F3N4O. The lowest BCUT2D eigenvalue weighted by atomic mass is 9.92. The second kappa shape index (κ2) is 5.43. The number of nitrogens with zero attached hydrogens (tertiary/aromatic N) is 3. The number of hydrogen-bond donors (Lipinski definition) is 2. The number of piperidine rings is 1. The molecule has 2 heterocycles. The molecule has 0 spiro atoms. The number of aliphatic hydroxyl groups excluding tert-OH is 1. The molecule has 1 aromatic rings. The maximum Gasteiger partial charge on any atom is 0.433 e. The quantitative estimate of drug-likeness (QED) is 0.866. The molecule has 1 aromatic heterocycles. The van der Waals surface area contributed by atoms with E-state index < -0.39 is 18.0 Å². The van der Waals surface area contributed by atoms with Gasteiger partial charge in [-0.15, -0.1) is 0 Å². The molecule has 0 amide bonds. The summed E-state index contributed by atoms with van der Waals surface area (Å²) in [4.78, 5) is 8.83. The van der Waals surface area contributed by atoms with Crippen molar-refractivity contribution < 1.29 is 18.3 Å². The van der Waals surface area contributed by atoms with Crippen LogP contribution in [0, 0.1) is 5.92 Å². The maximum absolute atomic E-state index is 12.7. The van der Waals surface area contributed by atoms with Crippen LogP contribution in [0.25, 0.3) is 0 Å². The molecule has 0 saturated carbocycles. The molecule has 0 aliphatic carbocycles. The van der Waals surface area contributed by atoms with E-state index in [2.05, 4.69) is 9.97 Å². The van der Waals surface area contributed by atoms with Crippen molar-refractivity contribution in [3.63, 3.8) is 0 Å². The molecule has 0 bridgehead atoms. The summed E-state index contributed by atoms with van der Waals surface area (Å²) in [5, 5.41) is 9.52. The van der Waals surface area contributed by atoms with Crippen LogP contribution >= 0.6 is 0 Å². The van der Waals surface area contributed by atoms with Crippen LogP contribution in [-0.2, 0) is 6.18 Å². The summed E-state index contributed by atoms with van der Waals surface area (Å²) in [6.07, 6.45) is -3.52. The number of nitrogen functional groups attached to an aromatic ring is 1. The zero-order valence-electron chi connectivity index (χ0n) is 11.1. The minimum Gasteiger partial charge on any atom is -0.393 e. The minimum atomic E-state index is -4.54. The lowest BCUT2D eigenvalue weighted by Crippen LogP contribution is -2.37. The van der Waals surface area contributed by atoms with Crippen molar-refractivity contribution in [2.24, 2.45) is 5.92 Å². The van der Waals surface area contributed by atoms with Crippen molar-refractivity contribution >= 4 is 11.8 Å². The Bertz CT molecular complexity index is 470. The van der Waals surface area contributed by atoms with Gasteiger partial charge >= 0.3 is 6.18 Å². The summed E-state index contributed by atoms with van der Waals surface area (Å²) in [5.41, 5.74) is 4.32. The van der Waals surface area contributed by atoms with Gasteiger partial charge in [0.25, 0.3) is 0 Å². The average Bonchev–Trinajstić information content (AvgIpc) is 2.37. The van der Waals surface area contributed by atoms with Crippen molar-refractivity contribution in [1.29, 1.82) is 0 Å². The fourth-order valence-corrected chi connectivity index (χ4v) is 2.37. The minimum absolute atomic E-state index is 0.174. The number of aliphatic hydroxyl groups is 1. The Morgan fingerprint density at radius 3 is 2.45 bits per heavy atom. The molecule has 1 fully saturated rings. The van der Waals surface area contributed by atoms with Crippen molar-refractivity contribution in [2.45, 2.75) is 32.0 Å². The number of halogens is 3. The van der Waals surface area contributed by atoms with Gasteiger partial charge in [-0.2, -0.15) is 18.2 Å². The van der Waals surface area contributed by atoms with Gasteiger partial charge in [0.15, 0.2) is 5.69 Å². The lowest BCUT2D eigenvalue weighted by molar-refractivity contribution is -0.141.